The van der Waals surface area contributed by atoms with Crippen LogP contribution >= 0.6 is 22.6 Å². The maximum Gasteiger partial charge on any atom is 0.326 e. The van der Waals surface area contributed by atoms with E-state index in [-0.39, 0.29) is 12.3 Å². The first-order valence-electron chi connectivity index (χ1n) is 7.80. The number of fused-ring (bicyclic) bond motifs is 1. The quantitative estimate of drug-likeness (QED) is 0.587. The number of carboxylic acid groups (broad SMARTS) is 1. The van der Waals surface area contributed by atoms with Crippen LogP contribution < -0.4 is 5.32 Å². The molecule has 25 heavy (non-hydrogen) atoms. The summed E-state index contributed by atoms with van der Waals surface area (Å²) in [6.07, 6.45) is 0.242. The van der Waals surface area contributed by atoms with Gasteiger partial charge in [-0.1, -0.05) is 42.5 Å². The Morgan fingerprint density at radius 1 is 0.960 bits per heavy atom. The van der Waals surface area contributed by atoms with E-state index in [0.29, 0.717) is 5.56 Å². The topological polar surface area (TPSA) is 66.4 Å². The second-order valence-electron chi connectivity index (χ2n) is 5.76. The summed E-state index contributed by atoms with van der Waals surface area (Å²) >= 11 is 2.18. The number of hydrogen-bond donors (Lipinski definition) is 2. The second-order valence-corrected chi connectivity index (χ2v) is 7.01. The van der Waals surface area contributed by atoms with Crippen LogP contribution in [0.1, 0.15) is 15.9 Å². The van der Waals surface area contributed by atoms with Crippen molar-refractivity contribution >= 4 is 45.2 Å². The van der Waals surface area contributed by atoms with E-state index in [0.717, 1.165) is 19.9 Å². The van der Waals surface area contributed by atoms with Gasteiger partial charge in [-0.3, -0.25) is 4.79 Å². The standard InChI is InChI=1S/C20H16INO3/c21-17-7-3-4-13(10-17)11-18(20(24)25)22-19(23)16-9-8-14-5-1-2-6-15(14)12-16/h1-10,12,18H,11H2,(H,22,23)(H,24,25)/t18-/m1/s1. The number of halogens is 1. The Morgan fingerprint density at radius 3 is 2.44 bits per heavy atom. The van der Waals surface area contributed by atoms with Gasteiger partial charge in [0.1, 0.15) is 6.04 Å². The van der Waals surface area contributed by atoms with Gasteiger partial charge in [-0.05, 0) is 63.2 Å². The molecule has 0 aliphatic heterocycles. The van der Waals surface area contributed by atoms with E-state index < -0.39 is 12.0 Å². The van der Waals surface area contributed by atoms with Gasteiger partial charge in [-0.15, -0.1) is 0 Å². The smallest absolute Gasteiger partial charge is 0.326 e. The lowest BCUT2D eigenvalue weighted by atomic mass is 10.0. The van der Waals surface area contributed by atoms with Crippen molar-refractivity contribution in [2.75, 3.05) is 0 Å². The van der Waals surface area contributed by atoms with Gasteiger partial charge in [0, 0.05) is 15.6 Å². The molecule has 0 fully saturated rings. The van der Waals surface area contributed by atoms with Crippen LogP contribution in [0, 0.1) is 3.57 Å². The van der Waals surface area contributed by atoms with Crippen LogP contribution in [-0.2, 0) is 11.2 Å². The highest BCUT2D eigenvalue weighted by atomic mass is 127. The number of hydrogen-bond acceptors (Lipinski definition) is 2. The van der Waals surface area contributed by atoms with E-state index in [1.165, 1.54) is 0 Å². The fourth-order valence-corrected chi connectivity index (χ4v) is 3.28. The Kier molecular flexibility index (Phi) is 5.33. The first kappa shape index (κ1) is 17.4. The Morgan fingerprint density at radius 2 is 1.72 bits per heavy atom. The molecule has 4 nitrogen and oxygen atoms in total. The Balaban J connectivity index is 1.78. The van der Waals surface area contributed by atoms with Gasteiger partial charge in [-0.25, -0.2) is 4.79 Å². The van der Waals surface area contributed by atoms with E-state index in [9.17, 15) is 14.7 Å². The normalized spacial score (nSPS) is 11.9. The summed E-state index contributed by atoms with van der Waals surface area (Å²) in [6.45, 7) is 0. The third-order valence-electron chi connectivity index (χ3n) is 3.94. The van der Waals surface area contributed by atoms with Crippen molar-refractivity contribution in [1.82, 2.24) is 5.32 Å². The van der Waals surface area contributed by atoms with Gasteiger partial charge in [0.05, 0.1) is 0 Å². The number of carbonyl (C=O) groups is 2. The molecule has 0 unspecified atom stereocenters. The molecular formula is C20H16INO3. The highest BCUT2D eigenvalue weighted by Crippen LogP contribution is 2.16. The fraction of sp³-hybridized carbons (Fsp3) is 0.100. The van der Waals surface area contributed by atoms with E-state index in [1.54, 1.807) is 12.1 Å². The number of carboxylic acids is 1. The van der Waals surface area contributed by atoms with Crippen LogP contribution in [-0.4, -0.2) is 23.0 Å². The molecule has 0 saturated carbocycles. The predicted octanol–water partition coefficient (Wildman–Crippen LogP) is 3.87. The minimum Gasteiger partial charge on any atom is -0.480 e. The van der Waals surface area contributed by atoms with Gasteiger partial charge in [0.25, 0.3) is 5.91 Å². The molecule has 2 N–H and O–H groups in total. The van der Waals surface area contributed by atoms with Gasteiger partial charge in [-0.2, -0.15) is 0 Å². The number of rotatable bonds is 5. The van der Waals surface area contributed by atoms with Gasteiger partial charge in [0.2, 0.25) is 0 Å². The highest BCUT2D eigenvalue weighted by Gasteiger charge is 2.21. The lowest BCUT2D eigenvalue weighted by Gasteiger charge is -2.15. The van der Waals surface area contributed by atoms with Crippen molar-refractivity contribution in [2.45, 2.75) is 12.5 Å². The van der Waals surface area contributed by atoms with Crippen LogP contribution in [0.3, 0.4) is 0 Å². The second kappa shape index (κ2) is 7.65. The van der Waals surface area contributed by atoms with Crippen LogP contribution in [0.4, 0.5) is 0 Å². The summed E-state index contributed by atoms with van der Waals surface area (Å²) in [5.74, 6) is -1.43. The Bertz CT molecular complexity index is 939. The summed E-state index contributed by atoms with van der Waals surface area (Å²) in [5.41, 5.74) is 1.32. The van der Waals surface area contributed by atoms with E-state index in [2.05, 4.69) is 27.9 Å². The van der Waals surface area contributed by atoms with E-state index in [4.69, 9.17) is 0 Å². The van der Waals surface area contributed by atoms with Crippen molar-refractivity contribution in [2.24, 2.45) is 0 Å². The molecule has 3 aromatic carbocycles. The predicted molar refractivity (Wildman–Crippen MR) is 106 cm³/mol. The Labute approximate surface area is 159 Å². The molecule has 126 valence electrons. The molecule has 1 amide bonds. The maximum atomic E-state index is 12.5. The summed E-state index contributed by atoms with van der Waals surface area (Å²) in [5, 5.41) is 14.1. The summed E-state index contributed by atoms with van der Waals surface area (Å²) in [6, 6.07) is 19.7. The molecule has 3 rings (SSSR count). The summed E-state index contributed by atoms with van der Waals surface area (Å²) in [7, 11) is 0. The monoisotopic (exact) mass is 445 g/mol. The molecule has 1 atom stereocenters. The van der Waals surface area contributed by atoms with E-state index >= 15 is 0 Å². The number of aliphatic carboxylic acids is 1. The largest absolute Gasteiger partial charge is 0.480 e. The molecule has 0 spiro atoms. The highest BCUT2D eigenvalue weighted by molar-refractivity contribution is 14.1. The third kappa shape index (κ3) is 4.36. The molecule has 0 heterocycles. The van der Waals surface area contributed by atoms with Crippen molar-refractivity contribution in [3.63, 3.8) is 0 Å². The SMILES string of the molecule is O=C(N[C@H](Cc1cccc(I)c1)C(=O)O)c1ccc2ccccc2c1. The average molecular weight is 445 g/mol. The molecule has 5 heteroatoms. The molecule has 0 radical (unpaired) electrons. The zero-order valence-corrected chi connectivity index (χ0v) is 15.4. The lowest BCUT2D eigenvalue weighted by Crippen LogP contribution is -2.42. The summed E-state index contributed by atoms with van der Waals surface area (Å²) in [4.78, 5) is 24.0. The molecule has 0 aliphatic carbocycles. The number of nitrogens with one attached hydrogen (secondary N) is 1. The minimum absolute atomic E-state index is 0.242. The number of benzene rings is 3. The molecule has 0 bridgehead atoms. The molecule has 3 aromatic rings. The number of amides is 1. The van der Waals surface area contributed by atoms with Crippen molar-refractivity contribution in [1.29, 1.82) is 0 Å². The first-order valence-corrected chi connectivity index (χ1v) is 8.88. The molecule has 0 aromatic heterocycles. The fourth-order valence-electron chi connectivity index (χ4n) is 2.67. The molecular weight excluding hydrogens is 429 g/mol. The number of carbonyl (C=O) groups excluding carboxylic acids is 1. The maximum absolute atomic E-state index is 12.5. The van der Waals surface area contributed by atoms with Crippen LogP contribution in [0.5, 0.6) is 0 Å². The van der Waals surface area contributed by atoms with Crippen molar-refractivity contribution in [3.05, 3.63) is 81.4 Å². The Hall–Kier alpha value is -2.41. The molecule has 0 aliphatic rings. The van der Waals surface area contributed by atoms with Gasteiger partial charge < -0.3 is 10.4 Å². The van der Waals surface area contributed by atoms with Crippen molar-refractivity contribution in [3.8, 4) is 0 Å². The van der Waals surface area contributed by atoms with Crippen LogP contribution in [0.25, 0.3) is 10.8 Å². The summed E-state index contributed by atoms with van der Waals surface area (Å²) < 4.78 is 1.03. The third-order valence-corrected chi connectivity index (χ3v) is 4.61. The zero-order chi connectivity index (χ0) is 17.8. The minimum atomic E-state index is -1.05. The molecule has 0 saturated heterocycles. The van der Waals surface area contributed by atoms with E-state index in [1.807, 2.05) is 54.6 Å². The van der Waals surface area contributed by atoms with Crippen molar-refractivity contribution < 1.29 is 14.7 Å². The van der Waals surface area contributed by atoms with Crippen LogP contribution in [0.15, 0.2) is 66.7 Å². The van der Waals surface area contributed by atoms with Gasteiger partial charge >= 0.3 is 5.97 Å². The first-order chi connectivity index (χ1) is 12.0. The van der Waals surface area contributed by atoms with Gasteiger partial charge in [0.15, 0.2) is 0 Å². The van der Waals surface area contributed by atoms with Crippen LogP contribution in [0.2, 0.25) is 0 Å². The lowest BCUT2D eigenvalue weighted by molar-refractivity contribution is -0.139. The average Bonchev–Trinajstić information content (AvgIpc) is 2.60. The zero-order valence-electron chi connectivity index (χ0n) is 13.3.